The first-order chi connectivity index (χ1) is 8.22. The van der Waals surface area contributed by atoms with E-state index >= 15 is 0 Å². The summed E-state index contributed by atoms with van der Waals surface area (Å²) < 4.78 is 0. The van der Waals surface area contributed by atoms with Crippen LogP contribution in [0.25, 0.3) is 0 Å². The van der Waals surface area contributed by atoms with Gasteiger partial charge in [0, 0.05) is 24.9 Å². The van der Waals surface area contributed by atoms with Gasteiger partial charge in [-0.1, -0.05) is 37.3 Å². The Morgan fingerprint density at radius 2 is 2.06 bits per heavy atom. The lowest BCUT2D eigenvalue weighted by Gasteiger charge is -2.21. The number of hydrogen-bond acceptors (Lipinski definition) is 1. The predicted octanol–water partition coefficient (Wildman–Crippen LogP) is 3.19. The van der Waals surface area contributed by atoms with Gasteiger partial charge in [0.1, 0.15) is 0 Å². The van der Waals surface area contributed by atoms with E-state index in [-0.39, 0.29) is 0 Å². The van der Waals surface area contributed by atoms with Crippen molar-refractivity contribution in [3.63, 3.8) is 0 Å². The number of amides is 1. The molecule has 1 aromatic carbocycles. The summed E-state index contributed by atoms with van der Waals surface area (Å²) in [5, 5.41) is 0. The fraction of sp³-hybridized carbons (Fsp3) is 0.533. The Balaban J connectivity index is 2.04. The third-order valence-electron chi connectivity index (χ3n) is 3.63. The van der Waals surface area contributed by atoms with Gasteiger partial charge in [0.15, 0.2) is 0 Å². The minimum atomic E-state index is 0.318. The molecule has 0 aromatic heterocycles. The number of carbonyl (C=O) groups is 1. The van der Waals surface area contributed by atoms with Gasteiger partial charge in [-0.05, 0) is 25.3 Å². The van der Waals surface area contributed by atoms with Crippen LogP contribution in [0.2, 0.25) is 0 Å². The summed E-state index contributed by atoms with van der Waals surface area (Å²) in [6.45, 7) is 5.12. The number of hydrogen-bond donors (Lipinski definition) is 0. The van der Waals surface area contributed by atoms with E-state index in [4.69, 9.17) is 0 Å². The number of benzene rings is 1. The first-order valence-corrected chi connectivity index (χ1v) is 6.56. The molecule has 1 fully saturated rings. The Morgan fingerprint density at radius 3 is 2.71 bits per heavy atom. The van der Waals surface area contributed by atoms with E-state index in [1.165, 1.54) is 5.56 Å². The lowest BCUT2D eigenvalue weighted by atomic mass is 9.97. The molecular weight excluding hydrogens is 210 g/mol. The molecule has 0 aliphatic carbocycles. The van der Waals surface area contributed by atoms with E-state index in [0.29, 0.717) is 24.3 Å². The van der Waals surface area contributed by atoms with Gasteiger partial charge in [0.2, 0.25) is 5.91 Å². The molecule has 17 heavy (non-hydrogen) atoms. The van der Waals surface area contributed by atoms with Crippen molar-refractivity contribution in [2.45, 2.75) is 45.1 Å². The third kappa shape index (κ3) is 2.68. The molecule has 2 rings (SSSR count). The monoisotopic (exact) mass is 231 g/mol. The van der Waals surface area contributed by atoms with Gasteiger partial charge in [-0.3, -0.25) is 4.79 Å². The van der Waals surface area contributed by atoms with E-state index in [1.54, 1.807) is 0 Å². The maximum atomic E-state index is 12.0. The van der Waals surface area contributed by atoms with Crippen molar-refractivity contribution in [3.8, 4) is 0 Å². The molecule has 1 aliphatic heterocycles. The number of likely N-dealkylation sites (tertiary alicyclic amines) is 1. The van der Waals surface area contributed by atoms with E-state index < -0.39 is 0 Å². The van der Waals surface area contributed by atoms with E-state index in [2.05, 4.69) is 43.0 Å². The van der Waals surface area contributed by atoms with Gasteiger partial charge in [-0.2, -0.15) is 0 Å². The van der Waals surface area contributed by atoms with Crippen molar-refractivity contribution < 1.29 is 4.79 Å². The van der Waals surface area contributed by atoms with E-state index in [1.807, 2.05) is 6.07 Å². The minimum absolute atomic E-state index is 0.318. The van der Waals surface area contributed by atoms with E-state index in [9.17, 15) is 4.79 Å². The Kier molecular flexibility index (Phi) is 3.82. The smallest absolute Gasteiger partial charge is 0.222 e. The molecule has 2 nitrogen and oxygen atoms in total. The van der Waals surface area contributed by atoms with Gasteiger partial charge < -0.3 is 4.90 Å². The highest BCUT2D eigenvalue weighted by atomic mass is 16.2. The summed E-state index contributed by atoms with van der Waals surface area (Å²) in [5.41, 5.74) is 1.37. The Labute approximate surface area is 104 Å². The highest BCUT2D eigenvalue weighted by Gasteiger charge is 2.32. The zero-order valence-electron chi connectivity index (χ0n) is 10.7. The second-order valence-electron chi connectivity index (χ2n) is 4.99. The first-order valence-electron chi connectivity index (χ1n) is 6.56. The largest absolute Gasteiger partial charge is 0.339 e. The third-order valence-corrected chi connectivity index (χ3v) is 3.63. The van der Waals surface area contributed by atoms with Crippen LogP contribution in [-0.4, -0.2) is 23.4 Å². The van der Waals surface area contributed by atoms with Crippen molar-refractivity contribution in [2.75, 3.05) is 6.54 Å². The highest BCUT2D eigenvalue weighted by molar-refractivity contribution is 5.76. The van der Waals surface area contributed by atoms with Crippen LogP contribution in [0.1, 0.15) is 44.6 Å². The Hall–Kier alpha value is -1.31. The van der Waals surface area contributed by atoms with Crippen molar-refractivity contribution in [1.29, 1.82) is 0 Å². The highest BCUT2D eigenvalue weighted by Crippen LogP contribution is 2.31. The Morgan fingerprint density at radius 1 is 1.35 bits per heavy atom. The first kappa shape index (κ1) is 12.2. The molecule has 1 aromatic rings. The normalized spacial score (nSPS) is 24.0. The summed E-state index contributed by atoms with van der Waals surface area (Å²) in [6, 6.07) is 10.9. The van der Waals surface area contributed by atoms with Crippen LogP contribution in [0.15, 0.2) is 30.3 Å². The number of rotatable bonds is 3. The van der Waals surface area contributed by atoms with Crippen molar-refractivity contribution in [2.24, 2.45) is 0 Å². The average Bonchev–Trinajstić information content (AvgIpc) is 2.73. The molecule has 2 heteroatoms. The standard InChI is InChI=1S/C15H21NO/c1-3-7-15(17)16-11-14(10-12(16)2)13-8-5-4-6-9-13/h4-6,8-9,12,14H,3,7,10-11H2,1-2H3. The quantitative estimate of drug-likeness (QED) is 0.782. The average molecular weight is 231 g/mol. The summed E-state index contributed by atoms with van der Waals surface area (Å²) in [6.07, 6.45) is 2.73. The maximum absolute atomic E-state index is 12.0. The topological polar surface area (TPSA) is 20.3 Å². The predicted molar refractivity (Wildman–Crippen MR) is 69.9 cm³/mol. The second-order valence-corrected chi connectivity index (χ2v) is 4.99. The summed E-state index contributed by atoms with van der Waals surface area (Å²) in [7, 11) is 0. The molecule has 0 spiro atoms. The summed E-state index contributed by atoms with van der Waals surface area (Å²) in [5.74, 6) is 0.838. The van der Waals surface area contributed by atoms with Gasteiger partial charge in [0.05, 0.1) is 0 Å². The number of carbonyl (C=O) groups excluding carboxylic acids is 1. The summed E-state index contributed by atoms with van der Waals surface area (Å²) in [4.78, 5) is 14.0. The van der Waals surface area contributed by atoms with Crippen molar-refractivity contribution in [3.05, 3.63) is 35.9 Å². The van der Waals surface area contributed by atoms with Crippen molar-refractivity contribution in [1.82, 2.24) is 4.90 Å². The van der Waals surface area contributed by atoms with Crippen LogP contribution in [-0.2, 0) is 4.79 Å². The molecule has 0 N–H and O–H groups in total. The zero-order valence-corrected chi connectivity index (χ0v) is 10.7. The Bertz CT molecular complexity index is 374. The second kappa shape index (κ2) is 5.35. The van der Waals surface area contributed by atoms with Crippen LogP contribution < -0.4 is 0 Å². The van der Waals surface area contributed by atoms with Crippen molar-refractivity contribution >= 4 is 5.91 Å². The van der Waals surface area contributed by atoms with Crippen LogP contribution in [0.3, 0.4) is 0 Å². The molecular formula is C15H21NO. The van der Waals surface area contributed by atoms with Gasteiger partial charge in [-0.25, -0.2) is 0 Å². The molecule has 1 heterocycles. The minimum Gasteiger partial charge on any atom is -0.339 e. The molecule has 1 amide bonds. The zero-order chi connectivity index (χ0) is 12.3. The molecule has 0 bridgehead atoms. The van der Waals surface area contributed by atoms with Gasteiger partial charge >= 0.3 is 0 Å². The summed E-state index contributed by atoms with van der Waals surface area (Å²) >= 11 is 0. The molecule has 1 aliphatic rings. The molecule has 2 unspecified atom stereocenters. The van der Waals surface area contributed by atoms with E-state index in [0.717, 1.165) is 19.4 Å². The molecule has 2 atom stereocenters. The number of nitrogens with zero attached hydrogens (tertiary/aromatic N) is 1. The molecule has 1 saturated heterocycles. The molecule has 0 radical (unpaired) electrons. The lowest BCUT2D eigenvalue weighted by molar-refractivity contribution is -0.131. The SMILES string of the molecule is CCCC(=O)N1CC(c2ccccc2)CC1C. The van der Waals surface area contributed by atoms with Gasteiger partial charge in [-0.15, -0.1) is 0 Å². The van der Waals surface area contributed by atoms with Crippen LogP contribution >= 0.6 is 0 Å². The van der Waals surface area contributed by atoms with Crippen LogP contribution in [0, 0.1) is 0 Å². The van der Waals surface area contributed by atoms with Crippen LogP contribution in [0.4, 0.5) is 0 Å². The fourth-order valence-electron chi connectivity index (χ4n) is 2.70. The lowest BCUT2D eigenvalue weighted by Crippen LogP contribution is -2.33. The molecule has 92 valence electrons. The maximum Gasteiger partial charge on any atom is 0.222 e. The van der Waals surface area contributed by atoms with Crippen LogP contribution in [0.5, 0.6) is 0 Å². The molecule has 0 saturated carbocycles. The van der Waals surface area contributed by atoms with Gasteiger partial charge in [0.25, 0.3) is 0 Å². The fourth-order valence-corrected chi connectivity index (χ4v) is 2.70.